The van der Waals surface area contributed by atoms with Crippen LogP contribution < -0.4 is 15.0 Å². The number of aromatic nitrogens is 4. The Kier molecular flexibility index (Phi) is 5.48. The summed E-state index contributed by atoms with van der Waals surface area (Å²) in [6.45, 7) is 7.94. The smallest absolute Gasteiger partial charge is 0.239 e. The summed E-state index contributed by atoms with van der Waals surface area (Å²) in [4.78, 5) is 28.3. The first-order valence-electron chi connectivity index (χ1n) is 11.4. The summed E-state index contributed by atoms with van der Waals surface area (Å²) in [6.07, 6.45) is 1.18. The van der Waals surface area contributed by atoms with Crippen LogP contribution >= 0.6 is 0 Å². The van der Waals surface area contributed by atoms with Crippen molar-refractivity contribution in [2.75, 3.05) is 36.3 Å². The summed E-state index contributed by atoms with van der Waals surface area (Å²) in [5.74, 6) is 0.974. The lowest BCUT2D eigenvalue weighted by Crippen LogP contribution is -2.56. The Hall–Kier alpha value is -3.25. The molecule has 1 N–H and O–H groups in total. The normalized spacial score (nSPS) is 20.2. The zero-order valence-electron chi connectivity index (χ0n) is 20.3. The van der Waals surface area contributed by atoms with E-state index < -0.39 is 14.6 Å². The van der Waals surface area contributed by atoms with Crippen molar-refractivity contribution in [2.45, 2.75) is 44.5 Å². The van der Waals surface area contributed by atoms with Crippen LogP contribution in [-0.2, 0) is 24.1 Å². The Morgan fingerprint density at radius 2 is 1.89 bits per heavy atom. The quantitative estimate of drug-likeness (QED) is 0.572. The Labute approximate surface area is 203 Å². The maximum absolute atomic E-state index is 12.9. The van der Waals surface area contributed by atoms with Crippen molar-refractivity contribution in [3.63, 3.8) is 0 Å². The summed E-state index contributed by atoms with van der Waals surface area (Å²) < 4.78 is 37.8. The van der Waals surface area contributed by atoms with E-state index in [2.05, 4.69) is 15.2 Å². The summed E-state index contributed by atoms with van der Waals surface area (Å²) in [5.41, 5.74) is 1.56. The number of rotatable bonds is 4. The van der Waals surface area contributed by atoms with E-state index in [1.807, 2.05) is 31.2 Å². The van der Waals surface area contributed by atoms with E-state index in [9.17, 15) is 13.2 Å². The lowest BCUT2D eigenvalue weighted by molar-refractivity contribution is -0.114. The Bertz CT molecular complexity index is 1430. The van der Waals surface area contributed by atoms with Crippen molar-refractivity contribution in [3.8, 4) is 11.7 Å². The van der Waals surface area contributed by atoms with Gasteiger partial charge in [-0.3, -0.25) is 10.1 Å². The highest BCUT2D eigenvalue weighted by molar-refractivity contribution is 7.91. The van der Waals surface area contributed by atoms with E-state index >= 15 is 0 Å². The molecule has 0 bridgehead atoms. The van der Waals surface area contributed by atoms with Crippen molar-refractivity contribution in [2.24, 2.45) is 0 Å². The van der Waals surface area contributed by atoms with Crippen LogP contribution in [0.5, 0.6) is 5.75 Å². The van der Waals surface area contributed by atoms with Crippen LogP contribution in [0.15, 0.2) is 24.3 Å². The molecule has 3 aromatic rings. The molecule has 35 heavy (non-hydrogen) atoms. The van der Waals surface area contributed by atoms with Gasteiger partial charge in [0.2, 0.25) is 17.8 Å². The minimum atomic E-state index is -3.60. The standard InChI is InChI=1S/C23H28N6O5S/c1-13-10-33-11-15-12-34-18-19(23(3,4)35(5,31)32)26-22(27-20(18)28(13)15)29-17-9-7-6-8-16(17)25-21(29)24-14(2)30/h6-9,13,15H,10-12H2,1-5H3,(H,24,25,30)/t13-,15+/m1/s1. The van der Waals surface area contributed by atoms with Crippen LogP contribution in [0.2, 0.25) is 0 Å². The second kappa shape index (κ2) is 8.16. The lowest BCUT2D eigenvalue weighted by Gasteiger charge is -2.45. The molecule has 0 radical (unpaired) electrons. The zero-order valence-corrected chi connectivity index (χ0v) is 21.1. The van der Waals surface area contributed by atoms with Gasteiger partial charge in [-0.25, -0.2) is 23.0 Å². The summed E-state index contributed by atoms with van der Waals surface area (Å²) in [5, 5.41) is 2.74. The first-order valence-corrected chi connectivity index (χ1v) is 13.2. The van der Waals surface area contributed by atoms with Gasteiger partial charge in [0.05, 0.1) is 36.3 Å². The number of fused-ring (bicyclic) bond motifs is 4. The van der Waals surface area contributed by atoms with Gasteiger partial charge >= 0.3 is 0 Å². The predicted octanol–water partition coefficient (Wildman–Crippen LogP) is 2.04. The fraction of sp³-hybridized carbons (Fsp3) is 0.478. The van der Waals surface area contributed by atoms with Gasteiger partial charge in [0, 0.05) is 13.2 Å². The van der Waals surface area contributed by atoms with E-state index in [0.29, 0.717) is 42.4 Å². The van der Waals surface area contributed by atoms with Crippen LogP contribution in [0.3, 0.4) is 0 Å². The Balaban J connectivity index is 1.83. The highest BCUT2D eigenvalue weighted by Gasteiger charge is 2.44. The first-order chi connectivity index (χ1) is 16.5. The SMILES string of the molecule is CC(=O)Nc1nc2ccccc2n1-c1nc2c(c(C(C)(C)S(C)(=O)=O)n1)OC[C@@H]1COC[C@@H](C)N21. The fourth-order valence-corrected chi connectivity index (χ4v) is 4.96. The van der Waals surface area contributed by atoms with Gasteiger partial charge in [0.15, 0.2) is 21.4 Å². The molecule has 2 aliphatic rings. The number of ether oxygens (including phenoxy) is 2. The van der Waals surface area contributed by atoms with Crippen LogP contribution in [0.4, 0.5) is 11.8 Å². The molecule has 2 aliphatic heterocycles. The minimum Gasteiger partial charge on any atom is -0.486 e. The molecule has 4 heterocycles. The Morgan fingerprint density at radius 1 is 1.14 bits per heavy atom. The molecule has 0 aliphatic carbocycles. The first kappa shape index (κ1) is 23.5. The fourth-order valence-electron chi connectivity index (χ4n) is 4.47. The monoisotopic (exact) mass is 500 g/mol. The van der Waals surface area contributed by atoms with Gasteiger partial charge in [0.25, 0.3) is 0 Å². The third kappa shape index (κ3) is 3.80. The molecule has 11 nitrogen and oxygen atoms in total. The maximum atomic E-state index is 12.9. The van der Waals surface area contributed by atoms with Crippen molar-refractivity contribution in [1.82, 2.24) is 19.5 Å². The maximum Gasteiger partial charge on any atom is 0.239 e. The number of sulfone groups is 1. The Morgan fingerprint density at radius 3 is 2.60 bits per heavy atom. The predicted molar refractivity (Wildman–Crippen MR) is 131 cm³/mol. The number of amides is 1. The molecule has 2 atom stereocenters. The topological polar surface area (TPSA) is 129 Å². The number of carbonyl (C=O) groups excluding carboxylic acids is 1. The van der Waals surface area contributed by atoms with E-state index in [1.165, 1.54) is 13.2 Å². The second-order valence-electron chi connectivity index (χ2n) is 9.51. The van der Waals surface area contributed by atoms with Gasteiger partial charge in [-0.2, -0.15) is 4.98 Å². The molecule has 2 aromatic heterocycles. The number of morpholine rings is 1. The molecular weight excluding hydrogens is 472 g/mol. The van der Waals surface area contributed by atoms with Crippen molar-refractivity contribution in [3.05, 3.63) is 30.0 Å². The molecule has 5 rings (SSSR count). The number of anilines is 2. The summed E-state index contributed by atoms with van der Waals surface area (Å²) >= 11 is 0. The molecule has 0 unspecified atom stereocenters. The number of hydrogen-bond donors (Lipinski definition) is 1. The van der Waals surface area contributed by atoms with E-state index in [4.69, 9.17) is 19.4 Å². The highest BCUT2D eigenvalue weighted by atomic mass is 32.2. The molecule has 1 fully saturated rings. The van der Waals surface area contributed by atoms with Gasteiger partial charge in [-0.15, -0.1) is 0 Å². The number of benzene rings is 1. The minimum absolute atomic E-state index is 0.0114. The summed E-state index contributed by atoms with van der Waals surface area (Å²) in [7, 11) is -3.60. The molecule has 186 valence electrons. The number of nitrogens with zero attached hydrogens (tertiary/aromatic N) is 5. The molecule has 1 amide bonds. The van der Waals surface area contributed by atoms with Crippen molar-refractivity contribution < 1.29 is 22.7 Å². The number of nitrogens with one attached hydrogen (secondary N) is 1. The zero-order chi connectivity index (χ0) is 25.1. The van der Waals surface area contributed by atoms with Gasteiger partial charge in [-0.1, -0.05) is 12.1 Å². The molecule has 12 heteroatoms. The van der Waals surface area contributed by atoms with Crippen molar-refractivity contribution in [1.29, 1.82) is 0 Å². The largest absolute Gasteiger partial charge is 0.486 e. The third-order valence-electron chi connectivity index (χ3n) is 6.58. The highest BCUT2D eigenvalue weighted by Crippen LogP contribution is 2.44. The molecule has 0 saturated carbocycles. The second-order valence-corrected chi connectivity index (χ2v) is 12.1. The third-order valence-corrected chi connectivity index (χ3v) is 8.63. The van der Waals surface area contributed by atoms with Crippen molar-refractivity contribution >= 4 is 38.5 Å². The molecule has 1 aromatic carbocycles. The molecular formula is C23H28N6O5S. The van der Waals surface area contributed by atoms with Crippen LogP contribution in [0.1, 0.15) is 33.4 Å². The van der Waals surface area contributed by atoms with Crippen LogP contribution in [0, 0.1) is 0 Å². The molecule has 1 saturated heterocycles. The van der Waals surface area contributed by atoms with E-state index in [-0.39, 0.29) is 35.6 Å². The van der Waals surface area contributed by atoms with Gasteiger partial charge in [0.1, 0.15) is 17.0 Å². The van der Waals surface area contributed by atoms with Crippen LogP contribution in [0.25, 0.3) is 17.0 Å². The number of hydrogen-bond acceptors (Lipinski definition) is 9. The number of carbonyl (C=O) groups is 1. The van der Waals surface area contributed by atoms with E-state index in [0.717, 1.165) is 0 Å². The lowest BCUT2D eigenvalue weighted by atomic mass is 10.0. The summed E-state index contributed by atoms with van der Waals surface area (Å²) in [6, 6.07) is 7.27. The van der Waals surface area contributed by atoms with Crippen LogP contribution in [-0.4, -0.2) is 72.0 Å². The van der Waals surface area contributed by atoms with E-state index in [1.54, 1.807) is 18.4 Å². The average molecular weight is 501 g/mol. The van der Waals surface area contributed by atoms with Gasteiger partial charge in [-0.05, 0) is 32.9 Å². The van der Waals surface area contributed by atoms with Gasteiger partial charge < -0.3 is 14.4 Å². The average Bonchev–Trinajstić information content (AvgIpc) is 3.14. The molecule has 0 spiro atoms. The number of imidazole rings is 1. The number of para-hydroxylation sites is 2.